The molecule has 0 atom stereocenters. The number of hydrogen-bond donors (Lipinski definition) is 1. The van der Waals surface area contributed by atoms with Crippen molar-refractivity contribution in [3.8, 4) is 0 Å². The van der Waals surface area contributed by atoms with Crippen LogP contribution in [0, 0.1) is 6.92 Å². The van der Waals surface area contributed by atoms with Crippen molar-refractivity contribution < 1.29 is 5.11 Å². The lowest BCUT2D eigenvalue weighted by molar-refractivity contribution is 0.0107. The van der Waals surface area contributed by atoms with E-state index in [1.807, 2.05) is 0 Å². The highest BCUT2D eigenvalue weighted by atomic mass is 16.3. The van der Waals surface area contributed by atoms with Crippen LogP contribution in [-0.4, -0.2) is 10.7 Å². The van der Waals surface area contributed by atoms with E-state index in [0.717, 1.165) is 51.4 Å². The molecular formula is C12H25O. The Morgan fingerprint density at radius 3 is 1.92 bits per heavy atom. The Hall–Kier alpha value is -0.0400. The molecule has 0 unspecified atom stereocenters. The Kier molecular flexibility index (Phi) is 7.35. The lowest BCUT2D eigenvalue weighted by Crippen LogP contribution is -2.28. The standard InChI is InChI=1S/C12H25O/c1-4-7-8-11-12(13,9-5-2)10-6-3/h13H,1,4-11H2,2-3H3. The van der Waals surface area contributed by atoms with Gasteiger partial charge in [0.2, 0.25) is 0 Å². The van der Waals surface area contributed by atoms with Gasteiger partial charge in [0.1, 0.15) is 0 Å². The average molecular weight is 185 g/mol. The van der Waals surface area contributed by atoms with Crippen molar-refractivity contribution in [1.29, 1.82) is 0 Å². The summed E-state index contributed by atoms with van der Waals surface area (Å²) < 4.78 is 0. The maximum Gasteiger partial charge on any atom is 0.0647 e. The monoisotopic (exact) mass is 185 g/mol. The average Bonchev–Trinajstić information content (AvgIpc) is 2.05. The molecular weight excluding hydrogens is 160 g/mol. The summed E-state index contributed by atoms with van der Waals surface area (Å²) in [6, 6.07) is 0. The van der Waals surface area contributed by atoms with Gasteiger partial charge in [0, 0.05) is 0 Å². The van der Waals surface area contributed by atoms with E-state index in [1.165, 1.54) is 0 Å². The third kappa shape index (κ3) is 6.09. The van der Waals surface area contributed by atoms with Crippen molar-refractivity contribution in [1.82, 2.24) is 0 Å². The van der Waals surface area contributed by atoms with Crippen LogP contribution in [0.25, 0.3) is 0 Å². The largest absolute Gasteiger partial charge is 0.390 e. The van der Waals surface area contributed by atoms with Gasteiger partial charge in [0.25, 0.3) is 0 Å². The molecule has 0 aliphatic carbocycles. The van der Waals surface area contributed by atoms with Gasteiger partial charge >= 0.3 is 0 Å². The Morgan fingerprint density at radius 2 is 1.54 bits per heavy atom. The van der Waals surface area contributed by atoms with Gasteiger partial charge in [0.15, 0.2) is 0 Å². The third-order valence-electron chi connectivity index (χ3n) is 2.57. The minimum atomic E-state index is -0.376. The van der Waals surface area contributed by atoms with Crippen molar-refractivity contribution in [3.05, 3.63) is 6.92 Å². The third-order valence-corrected chi connectivity index (χ3v) is 2.57. The molecule has 0 aromatic carbocycles. The summed E-state index contributed by atoms with van der Waals surface area (Å²) in [6.45, 7) is 8.10. The van der Waals surface area contributed by atoms with Gasteiger partial charge in [-0.2, -0.15) is 0 Å². The van der Waals surface area contributed by atoms with Crippen LogP contribution in [-0.2, 0) is 0 Å². The van der Waals surface area contributed by atoms with Crippen molar-refractivity contribution in [2.24, 2.45) is 0 Å². The predicted octanol–water partition coefficient (Wildman–Crippen LogP) is 3.71. The molecule has 0 aromatic heterocycles. The van der Waals surface area contributed by atoms with E-state index < -0.39 is 0 Å². The van der Waals surface area contributed by atoms with Crippen LogP contribution in [0.2, 0.25) is 0 Å². The van der Waals surface area contributed by atoms with E-state index in [-0.39, 0.29) is 5.60 Å². The second kappa shape index (κ2) is 7.37. The summed E-state index contributed by atoms with van der Waals surface area (Å²) in [5.74, 6) is 0. The Morgan fingerprint density at radius 1 is 1.00 bits per heavy atom. The zero-order chi connectivity index (χ0) is 10.2. The summed E-state index contributed by atoms with van der Waals surface area (Å²) in [5.41, 5.74) is -0.376. The van der Waals surface area contributed by atoms with Crippen LogP contribution in [0.1, 0.15) is 65.2 Å². The maximum absolute atomic E-state index is 10.2. The molecule has 0 saturated carbocycles. The smallest absolute Gasteiger partial charge is 0.0647 e. The fourth-order valence-electron chi connectivity index (χ4n) is 1.94. The number of hydrogen-bond acceptors (Lipinski definition) is 1. The molecule has 1 heteroatoms. The lowest BCUT2D eigenvalue weighted by atomic mass is 9.87. The number of aliphatic hydroxyl groups is 1. The first-order valence-corrected chi connectivity index (χ1v) is 5.70. The molecule has 1 nitrogen and oxygen atoms in total. The molecule has 1 N–H and O–H groups in total. The van der Waals surface area contributed by atoms with Gasteiger partial charge in [0.05, 0.1) is 5.60 Å². The highest BCUT2D eigenvalue weighted by Crippen LogP contribution is 2.25. The SMILES string of the molecule is [CH2]CCCCC(O)(CCC)CCC. The van der Waals surface area contributed by atoms with Gasteiger partial charge in [-0.05, 0) is 19.3 Å². The van der Waals surface area contributed by atoms with Crippen LogP contribution in [0.3, 0.4) is 0 Å². The van der Waals surface area contributed by atoms with Crippen molar-refractivity contribution >= 4 is 0 Å². The summed E-state index contributed by atoms with van der Waals surface area (Å²) >= 11 is 0. The molecule has 79 valence electrons. The molecule has 0 amide bonds. The quantitative estimate of drug-likeness (QED) is 0.571. The van der Waals surface area contributed by atoms with Crippen LogP contribution in [0.4, 0.5) is 0 Å². The minimum absolute atomic E-state index is 0.376. The van der Waals surface area contributed by atoms with E-state index in [1.54, 1.807) is 0 Å². The first-order valence-electron chi connectivity index (χ1n) is 5.70. The Labute approximate surface area is 83.5 Å². The normalized spacial score (nSPS) is 12.0. The molecule has 0 rings (SSSR count). The second-order valence-electron chi connectivity index (χ2n) is 4.04. The number of unbranched alkanes of at least 4 members (excludes halogenated alkanes) is 2. The molecule has 0 fully saturated rings. The first-order chi connectivity index (χ1) is 6.18. The van der Waals surface area contributed by atoms with Crippen LogP contribution >= 0.6 is 0 Å². The second-order valence-corrected chi connectivity index (χ2v) is 4.04. The Bertz CT molecular complexity index is 104. The molecule has 1 radical (unpaired) electrons. The molecule has 0 saturated heterocycles. The van der Waals surface area contributed by atoms with Gasteiger partial charge in [-0.15, -0.1) is 0 Å². The summed E-state index contributed by atoms with van der Waals surface area (Å²) in [5, 5.41) is 10.2. The molecule has 13 heavy (non-hydrogen) atoms. The van der Waals surface area contributed by atoms with Gasteiger partial charge in [-0.25, -0.2) is 0 Å². The lowest BCUT2D eigenvalue weighted by Gasteiger charge is -2.27. The Balaban J connectivity index is 3.76. The van der Waals surface area contributed by atoms with E-state index >= 15 is 0 Å². The summed E-state index contributed by atoms with van der Waals surface area (Å²) in [4.78, 5) is 0. The molecule has 0 spiro atoms. The van der Waals surface area contributed by atoms with Gasteiger partial charge in [-0.1, -0.05) is 52.9 Å². The zero-order valence-corrected chi connectivity index (χ0v) is 9.31. The van der Waals surface area contributed by atoms with Crippen LogP contribution in [0.15, 0.2) is 0 Å². The molecule has 0 aromatic rings. The van der Waals surface area contributed by atoms with Crippen LogP contribution < -0.4 is 0 Å². The fourth-order valence-corrected chi connectivity index (χ4v) is 1.94. The molecule has 0 aliphatic rings. The van der Waals surface area contributed by atoms with E-state index in [2.05, 4.69) is 20.8 Å². The number of rotatable bonds is 8. The molecule has 0 aliphatic heterocycles. The minimum Gasteiger partial charge on any atom is -0.390 e. The molecule has 0 heterocycles. The maximum atomic E-state index is 10.2. The van der Waals surface area contributed by atoms with E-state index in [0.29, 0.717) is 0 Å². The highest BCUT2D eigenvalue weighted by Gasteiger charge is 2.23. The van der Waals surface area contributed by atoms with E-state index in [4.69, 9.17) is 0 Å². The predicted molar refractivity (Wildman–Crippen MR) is 58.6 cm³/mol. The van der Waals surface area contributed by atoms with Crippen molar-refractivity contribution in [2.75, 3.05) is 0 Å². The zero-order valence-electron chi connectivity index (χ0n) is 9.31. The highest BCUT2D eigenvalue weighted by molar-refractivity contribution is 4.77. The van der Waals surface area contributed by atoms with Crippen molar-refractivity contribution in [3.63, 3.8) is 0 Å². The van der Waals surface area contributed by atoms with E-state index in [9.17, 15) is 5.11 Å². The van der Waals surface area contributed by atoms with Crippen LogP contribution in [0.5, 0.6) is 0 Å². The topological polar surface area (TPSA) is 20.2 Å². The summed E-state index contributed by atoms with van der Waals surface area (Å²) in [6.07, 6.45) is 8.31. The summed E-state index contributed by atoms with van der Waals surface area (Å²) in [7, 11) is 0. The van der Waals surface area contributed by atoms with Crippen molar-refractivity contribution in [2.45, 2.75) is 70.8 Å². The fraction of sp³-hybridized carbons (Fsp3) is 0.917. The van der Waals surface area contributed by atoms with Gasteiger partial charge in [-0.3, -0.25) is 0 Å². The van der Waals surface area contributed by atoms with Gasteiger partial charge < -0.3 is 5.11 Å². The first kappa shape index (κ1) is 13.0. The molecule has 0 bridgehead atoms.